The third kappa shape index (κ3) is 5.09. The Morgan fingerprint density at radius 3 is 2.62 bits per heavy atom. The molecule has 1 aliphatic rings. The molecule has 29 heavy (non-hydrogen) atoms. The molecule has 0 saturated carbocycles. The largest absolute Gasteiger partial charge is 0.493 e. The van der Waals surface area contributed by atoms with Crippen molar-refractivity contribution in [3.05, 3.63) is 52.0 Å². The van der Waals surface area contributed by atoms with Gasteiger partial charge in [0.05, 0.1) is 20.1 Å². The van der Waals surface area contributed by atoms with E-state index in [-0.39, 0.29) is 24.2 Å². The summed E-state index contributed by atoms with van der Waals surface area (Å²) in [6.07, 6.45) is 0.930. The standard InChI is InChI=1S/C22H25BrN2O4/c1-14-10-17(23)5-6-18(14)24-22(27)16-12-21(26)25(13-16)9-8-15-4-7-19(28-2)20(11-15)29-3/h4-7,10-11,16H,8-9,12-13H2,1-3H3,(H,24,27). The Morgan fingerprint density at radius 2 is 1.93 bits per heavy atom. The van der Waals surface area contributed by atoms with Crippen molar-refractivity contribution in [2.45, 2.75) is 19.8 Å². The van der Waals surface area contributed by atoms with Crippen molar-refractivity contribution in [3.63, 3.8) is 0 Å². The molecule has 1 aliphatic heterocycles. The maximum Gasteiger partial charge on any atom is 0.229 e. The van der Waals surface area contributed by atoms with Crippen molar-refractivity contribution < 1.29 is 19.1 Å². The molecule has 0 aromatic heterocycles. The van der Waals surface area contributed by atoms with E-state index in [0.29, 0.717) is 31.0 Å². The van der Waals surface area contributed by atoms with Crippen LogP contribution in [0.25, 0.3) is 0 Å². The zero-order valence-corrected chi connectivity index (χ0v) is 18.4. The van der Waals surface area contributed by atoms with Gasteiger partial charge in [0.1, 0.15) is 0 Å². The molecule has 3 rings (SSSR count). The average molecular weight is 461 g/mol. The number of benzene rings is 2. The lowest BCUT2D eigenvalue weighted by Gasteiger charge is -2.17. The molecule has 1 fully saturated rings. The second-order valence-corrected chi connectivity index (χ2v) is 8.04. The van der Waals surface area contributed by atoms with Gasteiger partial charge in [0.25, 0.3) is 0 Å². The predicted octanol–water partition coefficient (Wildman–Crippen LogP) is 3.80. The summed E-state index contributed by atoms with van der Waals surface area (Å²) in [6.45, 7) is 2.94. The molecule has 2 amide bonds. The number of halogens is 1. The van der Waals surface area contributed by atoms with Gasteiger partial charge in [-0.3, -0.25) is 9.59 Å². The lowest BCUT2D eigenvalue weighted by atomic mass is 10.1. The Bertz CT molecular complexity index is 916. The Hall–Kier alpha value is -2.54. The SMILES string of the molecule is COc1ccc(CCN2CC(C(=O)Nc3ccc(Br)cc3C)CC2=O)cc1OC. The third-order valence-electron chi connectivity index (χ3n) is 5.15. The van der Waals surface area contributed by atoms with Crippen molar-refractivity contribution in [2.24, 2.45) is 5.92 Å². The Labute approximate surface area is 179 Å². The molecule has 1 saturated heterocycles. The fraction of sp³-hybridized carbons (Fsp3) is 0.364. The highest BCUT2D eigenvalue weighted by Gasteiger charge is 2.34. The van der Waals surface area contributed by atoms with Crippen molar-refractivity contribution in [1.82, 2.24) is 4.90 Å². The highest BCUT2D eigenvalue weighted by molar-refractivity contribution is 9.10. The van der Waals surface area contributed by atoms with E-state index in [0.717, 1.165) is 21.3 Å². The molecular formula is C22H25BrN2O4. The molecule has 154 valence electrons. The molecular weight excluding hydrogens is 436 g/mol. The smallest absolute Gasteiger partial charge is 0.229 e. The number of ether oxygens (including phenoxy) is 2. The van der Waals surface area contributed by atoms with Gasteiger partial charge in [-0.25, -0.2) is 0 Å². The lowest BCUT2D eigenvalue weighted by Crippen LogP contribution is -2.30. The van der Waals surface area contributed by atoms with E-state index in [1.807, 2.05) is 43.3 Å². The number of likely N-dealkylation sites (tertiary alicyclic amines) is 1. The molecule has 1 unspecified atom stereocenters. The Morgan fingerprint density at radius 1 is 1.17 bits per heavy atom. The summed E-state index contributed by atoms with van der Waals surface area (Å²) in [5, 5.41) is 2.95. The molecule has 1 N–H and O–H groups in total. The second kappa shape index (κ2) is 9.31. The van der Waals surface area contributed by atoms with Gasteiger partial charge in [0.15, 0.2) is 11.5 Å². The lowest BCUT2D eigenvalue weighted by molar-refractivity contribution is -0.128. The monoisotopic (exact) mass is 460 g/mol. The van der Waals surface area contributed by atoms with Gasteiger partial charge in [0.2, 0.25) is 11.8 Å². The maximum atomic E-state index is 12.6. The number of rotatable bonds is 7. The Balaban J connectivity index is 1.58. The molecule has 0 bridgehead atoms. The molecule has 1 atom stereocenters. The minimum Gasteiger partial charge on any atom is -0.493 e. The van der Waals surface area contributed by atoms with E-state index < -0.39 is 0 Å². The number of nitrogens with one attached hydrogen (secondary N) is 1. The number of hydrogen-bond acceptors (Lipinski definition) is 4. The van der Waals surface area contributed by atoms with Gasteiger partial charge < -0.3 is 19.7 Å². The molecule has 2 aromatic carbocycles. The summed E-state index contributed by atoms with van der Waals surface area (Å²) in [4.78, 5) is 26.8. The molecule has 6 nitrogen and oxygen atoms in total. The minimum atomic E-state index is -0.337. The number of anilines is 1. The zero-order valence-electron chi connectivity index (χ0n) is 16.8. The highest BCUT2D eigenvalue weighted by Crippen LogP contribution is 2.28. The number of carbonyl (C=O) groups is 2. The molecule has 1 heterocycles. The molecule has 0 spiro atoms. The number of methoxy groups -OCH3 is 2. The first-order chi connectivity index (χ1) is 13.9. The van der Waals surface area contributed by atoms with Crippen LogP contribution in [-0.4, -0.2) is 44.0 Å². The minimum absolute atomic E-state index is 0.0122. The van der Waals surface area contributed by atoms with Crippen LogP contribution in [0.3, 0.4) is 0 Å². The van der Waals surface area contributed by atoms with E-state index >= 15 is 0 Å². The summed E-state index contributed by atoms with van der Waals surface area (Å²) >= 11 is 3.42. The first kappa shape index (κ1) is 21.2. The number of nitrogens with zero attached hydrogens (tertiary/aromatic N) is 1. The van der Waals surface area contributed by atoms with Crippen LogP contribution in [0.15, 0.2) is 40.9 Å². The van der Waals surface area contributed by atoms with E-state index in [2.05, 4.69) is 21.2 Å². The third-order valence-corrected chi connectivity index (χ3v) is 5.64. The first-order valence-electron chi connectivity index (χ1n) is 9.47. The fourth-order valence-corrected chi connectivity index (χ4v) is 3.94. The molecule has 0 radical (unpaired) electrons. The van der Waals surface area contributed by atoms with Crippen LogP contribution < -0.4 is 14.8 Å². The number of aryl methyl sites for hydroxylation is 1. The highest BCUT2D eigenvalue weighted by atomic mass is 79.9. The predicted molar refractivity (Wildman–Crippen MR) is 115 cm³/mol. The van der Waals surface area contributed by atoms with E-state index in [4.69, 9.17) is 9.47 Å². The van der Waals surface area contributed by atoms with Crippen LogP contribution in [0.1, 0.15) is 17.5 Å². The summed E-state index contributed by atoms with van der Waals surface area (Å²) in [5.74, 6) is 0.903. The fourth-order valence-electron chi connectivity index (χ4n) is 3.47. The van der Waals surface area contributed by atoms with E-state index in [1.165, 1.54) is 0 Å². The van der Waals surface area contributed by atoms with Gasteiger partial charge >= 0.3 is 0 Å². The van der Waals surface area contributed by atoms with Crippen LogP contribution in [0.4, 0.5) is 5.69 Å². The normalized spacial score (nSPS) is 16.1. The van der Waals surface area contributed by atoms with Crippen LogP contribution in [0.5, 0.6) is 11.5 Å². The van der Waals surface area contributed by atoms with Gasteiger partial charge in [-0.15, -0.1) is 0 Å². The number of amides is 2. The topological polar surface area (TPSA) is 67.9 Å². The van der Waals surface area contributed by atoms with Crippen LogP contribution in [-0.2, 0) is 16.0 Å². The van der Waals surface area contributed by atoms with Crippen molar-refractivity contribution in [3.8, 4) is 11.5 Å². The molecule has 7 heteroatoms. The number of carbonyl (C=O) groups excluding carboxylic acids is 2. The molecule has 0 aliphatic carbocycles. The maximum absolute atomic E-state index is 12.6. The zero-order chi connectivity index (χ0) is 21.0. The van der Waals surface area contributed by atoms with Gasteiger partial charge in [-0.1, -0.05) is 22.0 Å². The van der Waals surface area contributed by atoms with E-state index in [1.54, 1.807) is 19.1 Å². The van der Waals surface area contributed by atoms with Crippen LogP contribution in [0.2, 0.25) is 0 Å². The van der Waals surface area contributed by atoms with Gasteiger partial charge in [-0.05, 0) is 54.8 Å². The average Bonchev–Trinajstić information content (AvgIpc) is 3.09. The summed E-state index contributed by atoms with van der Waals surface area (Å²) in [5.41, 5.74) is 2.80. The van der Waals surface area contributed by atoms with Crippen LogP contribution in [0, 0.1) is 12.8 Å². The Kier molecular flexibility index (Phi) is 6.79. The van der Waals surface area contributed by atoms with Gasteiger partial charge in [0, 0.05) is 29.7 Å². The number of hydrogen-bond donors (Lipinski definition) is 1. The van der Waals surface area contributed by atoms with Crippen molar-refractivity contribution in [2.75, 3.05) is 32.6 Å². The van der Waals surface area contributed by atoms with Crippen molar-refractivity contribution >= 4 is 33.4 Å². The second-order valence-electron chi connectivity index (χ2n) is 7.13. The first-order valence-corrected chi connectivity index (χ1v) is 10.3. The van der Waals surface area contributed by atoms with Crippen molar-refractivity contribution in [1.29, 1.82) is 0 Å². The summed E-state index contributed by atoms with van der Waals surface area (Å²) in [7, 11) is 3.20. The van der Waals surface area contributed by atoms with E-state index in [9.17, 15) is 9.59 Å². The van der Waals surface area contributed by atoms with Gasteiger partial charge in [-0.2, -0.15) is 0 Å². The van der Waals surface area contributed by atoms with Crippen LogP contribution >= 0.6 is 15.9 Å². The summed E-state index contributed by atoms with van der Waals surface area (Å²) < 4.78 is 11.5. The quantitative estimate of drug-likeness (QED) is 0.681. The summed E-state index contributed by atoms with van der Waals surface area (Å²) in [6, 6.07) is 11.4. The molecule has 2 aromatic rings.